The zero-order valence-corrected chi connectivity index (χ0v) is 10.9. The van der Waals surface area contributed by atoms with Crippen molar-refractivity contribution in [1.29, 1.82) is 0 Å². The molecule has 98 valence electrons. The molecule has 1 aliphatic rings. The number of aromatic nitrogens is 1. The molecule has 0 saturated carbocycles. The van der Waals surface area contributed by atoms with Gasteiger partial charge in [-0.25, -0.2) is 4.98 Å². The smallest absolute Gasteiger partial charge is 0.274 e. The number of amides is 1. The Labute approximate surface area is 108 Å². The van der Waals surface area contributed by atoms with Gasteiger partial charge in [0, 0.05) is 13.0 Å². The van der Waals surface area contributed by atoms with Gasteiger partial charge in [-0.2, -0.15) is 0 Å². The Hall–Kier alpha value is -1.62. The molecule has 18 heavy (non-hydrogen) atoms. The van der Waals surface area contributed by atoms with Gasteiger partial charge in [0.25, 0.3) is 5.82 Å². The minimum atomic E-state index is 0.0620. The van der Waals surface area contributed by atoms with Crippen LogP contribution in [-0.2, 0) is 4.79 Å². The van der Waals surface area contributed by atoms with Gasteiger partial charge >= 0.3 is 0 Å². The number of nitrogens with zero attached hydrogens (tertiary/aromatic N) is 1. The number of pyridine rings is 1. The third-order valence-corrected chi connectivity index (χ3v) is 3.36. The number of aromatic amines is 1. The Bertz CT molecular complexity index is 374. The lowest BCUT2D eigenvalue weighted by Gasteiger charge is -2.28. The normalized spacial score (nSPS) is 16.6. The minimum absolute atomic E-state index is 0.0620. The van der Waals surface area contributed by atoms with E-state index in [1.54, 1.807) is 11.8 Å². The molecule has 0 aliphatic carbocycles. The van der Waals surface area contributed by atoms with Crippen LogP contribution in [0.25, 0.3) is 0 Å². The summed E-state index contributed by atoms with van der Waals surface area (Å²) in [5, 5.41) is 2.86. The lowest BCUT2D eigenvalue weighted by molar-refractivity contribution is -0.899. The molecule has 1 amide bonds. The number of nitrogens with one attached hydrogen (secondary N) is 3. The summed E-state index contributed by atoms with van der Waals surface area (Å²) in [5.41, 5.74) is 0. The Balaban J connectivity index is 1.73. The summed E-state index contributed by atoms with van der Waals surface area (Å²) in [6, 6.07) is 6.17. The highest BCUT2D eigenvalue weighted by atomic mass is 16.1. The van der Waals surface area contributed by atoms with E-state index in [1.165, 1.54) is 5.82 Å². The topological polar surface area (TPSA) is 50.9 Å². The van der Waals surface area contributed by atoms with Crippen LogP contribution in [0.2, 0.25) is 0 Å². The van der Waals surface area contributed by atoms with Crippen LogP contribution in [0.4, 0.5) is 5.82 Å². The lowest BCUT2D eigenvalue weighted by Crippen LogP contribution is -3.15. The van der Waals surface area contributed by atoms with Crippen molar-refractivity contribution < 1.29 is 14.7 Å². The molecule has 0 aromatic carbocycles. The highest BCUT2D eigenvalue weighted by Gasteiger charge is 2.25. The number of hydrogen-bond acceptors (Lipinski definition) is 2. The van der Waals surface area contributed by atoms with Gasteiger partial charge in [-0.1, -0.05) is 6.07 Å². The predicted octanol–water partition coefficient (Wildman–Crippen LogP) is -1.66. The number of H-pyrrole nitrogens is 1. The molecule has 0 bridgehead atoms. The molecule has 0 atom stereocenters. The molecule has 2 heterocycles. The van der Waals surface area contributed by atoms with Gasteiger partial charge in [0.15, 0.2) is 0 Å². The molecule has 5 heteroatoms. The van der Waals surface area contributed by atoms with E-state index in [1.807, 2.05) is 12.3 Å². The average molecular weight is 250 g/mol. The van der Waals surface area contributed by atoms with Crippen LogP contribution in [0.5, 0.6) is 0 Å². The number of hydrogen-bond donors (Lipinski definition) is 2. The van der Waals surface area contributed by atoms with E-state index in [0.29, 0.717) is 0 Å². The van der Waals surface area contributed by atoms with Crippen molar-refractivity contribution >= 4 is 11.7 Å². The Morgan fingerprint density at radius 1 is 1.44 bits per heavy atom. The highest BCUT2D eigenvalue weighted by Crippen LogP contribution is 2.04. The van der Waals surface area contributed by atoms with Crippen molar-refractivity contribution in [3.05, 3.63) is 24.4 Å². The number of carbonyl (C=O) groups is 1. The molecular formula is C13H22N4O+2. The van der Waals surface area contributed by atoms with Crippen LogP contribution in [0.1, 0.15) is 6.92 Å². The van der Waals surface area contributed by atoms with E-state index < -0.39 is 0 Å². The fourth-order valence-electron chi connectivity index (χ4n) is 2.31. The van der Waals surface area contributed by atoms with Crippen molar-refractivity contribution in [1.82, 2.24) is 5.32 Å². The van der Waals surface area contributed by atoms with E-state index in [2.05, 4.69) is 27.3 Å². The van der Waals surface area contributed by atoms with Gasteiger partial charge in [0.2, 0.25) is 5.91 Å². The molecule has 1 fully saturated rings. The molecule has 1 aromatic heterocycles. The van der Waals surface area contributed by atoms with E-state index in [0.717, 1.165) is 39.3 Å². The zero-order chi connectivity index (χ0) is 12.8. The summed E-state index contributed by atoms with van der Waals surface area (Å²) in [7, 11) is 0. The summed E-state index contributed by atoms with van der Waals surface area (Å²) in [6.07, 6.45) is 1.96. The highest BCUT2D eigenvalue weighted by molar-refractivity contribution is 5.72. The minimum Gasteiger partial charge on any atom is -0.351 e. The fraction of sp³-hybridized carbons (Fsp3) is 0.538. The van der Waals surface area contributed by atoms with Crippen molar-refractivity contribution in [3.63, 3.8) is 0 Å². The molecule has 5 nitrogen and oxygen atoms in total. The Morgan fingerprint density at radius 3 is 2.83 bits per heavy atom. The van der Waals surface area contributed by atoms with Crippen molar-refractivity contribution in [3.8, 4) is 0 Å². The third kappa shape index (κ3) is 3.70. The first-order valence-electron chi connectivity index (χ1n) is 6.55. The first-order valence-corrected chi connectivity index (χ1v) is 6.55. The van der Waals surface area contributed by atoms with E-state index in [9.17, 15) is 4.79 Å². The SMILES string of the molecule is CC(=O)NCC[NH+]1CCN(c2cccc[nH+]2)CC1. The maximum Gasteiger partial charge on any atom is 0.274 e. The molecular weight excluding hydrogens is 228 g/mol. The van der Waals surface area contributed by atoms with Crippen LogP contribution in [0.15, 0.2) is 24.4 Å². The molecule has 1 aliphatic heterocycles. The van der Waals surface area contributed by atoms with Crippen LogP contribution in [0, 0.1) is 0 Å². The standard InChI is InChI=1S/C13H20N4O/c1-12(18)14-6-7-16-8-10-17(11-9-16)13-4-2-3-5-15-13/h2-5H,6-11H2,1H3,(H,14,18)/p+2. The van der Waals surface area contributed by atoms with Crippen LogP contribution in [-0.4, -0.2) is 45.2 Å². The second-order valence-corrected chi connectivity index (χ2v) is 4.72. The predicted molar refractivity (Wildman–Crippen MR) is 69.5 cm³/mol. The number of carbonyl (C=O) groups excluding carboxylic acids is 1. The number of anilines is 1. The molecule has 1 saturated heterocycles. The molecule has 3 N–H and O–H groups in total. The fourth-order valence-corrected chi connectivity index (χ4v) is 2.31. The summed E-state index contributed by atoms with van der Waals surface area (Å²) in [4.78, 5) is 18.0. The maximum absolute atomic E-state index is 10.8. The first-order chi connectivity index (χ1) is 8.75. The van der Waals surface area contributed by atoms with Gasteiger partial charge in [-0.3, -0.25) is 9.69 Å². The molecule has 2 rings (SSSR count). The van der Waals surface area contributed by atoms with Gasteiger partial charge in [-0.05, 0) is 6.07 Å². The quantitative estimate of drug-likeness (QED) is 0.672. The van der Waals surface area contributed by atoms with Gasteiger partial charge in [0.05, 0.1) is 19.3 Å². The van der Waals surface area contributed by atoms with Gasteiger partial charge in [0.1, 0.15) is 26.2 Å². The monoisotopic (exact) mass is 250 g/mol. The van der Waals surface area contributed by atoms with Gasteiger partial charge < -0.3 is 10.2 Å². The summed E-state index contributed by atoms with van der Waals surface area (Å²) in [6.45, 7) is 7.75. The summed E-state index contributed by atoms with van der Waals surface area (Å²) >= 11 is 0. The molecule has 0 unspecified atom stereocenters. The van der Waals surface area contributed by atoms with Crippen LogP contribution >= 0.6 is 0 Å². The largest absolute Gasteiger partial charge is 0.351 e. The number of rotatable bonds is 4. The van der Waals surface area contributed by atoms with Crippen LogP contribution in [0.3, 0.4) is 0 Å². The number of piperazine rings is 1. The van der Waals surface area contributed by atoms with Crippen molar-refractivity contribution in [2.75, 3.05) is 44.2 Å². The average Bonchev–Trinajstić information content (AvgIpc) is 2.40. The van der Waals surface area contributed by atoms with Crippen molar-refractivity contribution in [2.24, 2.45) is 0 Å². The summed E-state index contributed by atoms with van der Waals surface area (Å²) in [5.74, 6) is 1.25. The van der Waals surface area contributed by atoms with E-state index >= 15 is 0 Å². The summed E-state index contributed by atoms with van der Waals surface area (Å²) < 4.78 is 0. The first kappa shape index (κ1) is 12.8. The third-order valence-electron chi connectivity index (χ3n) is 3.36. The van der Waals surface area contributed by atoms with Crippen LogP contribution < -0.4 is 20.1 Å². The zero-order valence-electron chi connectivity index (χ0n) is 10.9. The Kier molecular flexibility index (Phi) is 4.52. The van der Waals surface area contributed by atoms with E-state index in [-0.39, 0.29) is 5.91 Å². The molecule has 0 radical (unpaired) electrons. The van der Waals surface area contributed by atoms with Gasteiger partial charge in [-0.15, -0.1) is 0 Å². The maximum atomic E-state index is 10.8. The second kappa shape index (κ2) is 6.35. The van der Waals surface area contributed by atoms with E-state index in [4.69, 9.17) is 0 Å². The van der Waals surface area contributed by atoms with Crippen molar-refractivity contribution in [2.45, 2.75) is 6.92 Å². The lowest BCUT2D eigenvalue weighted by atomic mass is 10.3. The number of quaternary nitrogens is 1. The Morgan fingerprint density at radius 2 is 2.22 bits per heavy atom. The molecule has 1 aromatic rings. The molecule has 0 spiro atoms. The second-order valence-electron chi connectivity index (χ2n) is 4.72.